The van der Waals surface area contributed by atoms with Crippen molar-refractivity contribution in [1.82, 2.24) is 0 Å². The Kier molecular flexibility index (Phi) is 7.08. The molecule has 162 valence electrons. The van der Waals surface area contributed by atoms with E-state index in [2.05, 4.69) is 0 Å². The van der Waals surface area contributed by atoms with E-state index in [0.717, 1.165) is 17.5 Å². The molecule has 3 rings (SSSR count). The molecule has 6 heteroatoms. The van der Waals surface area contributed by atoms with Gasteiger partial charge in [-0.15, -0.1) is 0 Å². The lowest BCUT2D eigenvalue weighted by Gasteiger charge is -2.18. The number of cyclic esters (lactones) is 1. The maximum absolute atomic E-state index is 12.4. The van der Waals surface area contributed by atoms with Crippen LogP contribution in [-0.2, 0) is 22.4 Å². The van der Waals surface area contributed by atoms with E-state index >= 15 is 0 Å². The molecule has 0 aromatic heterocycles. The number of methoxy groups -OCH3 is 3. The molecule has 1 heterocycles. The van der Waals surface area contributed by atoms with Crippen molar-refractivity contribution in [2.75, 3.05) is 27.9 Å². The Hall–Kier alpha value is -2.89. The molecule has 30 heavy (non-hydrogen) atoms. The van der Waals surface area contributed by atoms with Gasteiger partial charge in [0.2, 0.25) is 0 Å². The Balaban J connectivity index is 1.75. The average molecular weight is 414 g/mol. The van der Waals surface area contributed by atoms with Crippen LogP contribution < -0.4 is 18.9 Å². The lowest BCUT2D eigenvalue weighted by Crippen LogP contribution is -2.20. The van der Waals surface area contributed by atoms with E-state index in [4.69, 9.17) is 23.7 Å². The quantitative estimate of drug-likeness (QED) is 0.577. The molecule has 0 saturated carbocycles. The smallest absolute Gasteiger partial charge is 0.309 e. The van der Waals surface area contributed by atoms with Gasteiger partial charge in [0.25, 0.3) is 0 Å². The highest BCUT2D eigenvalue weighted by Gasteiger charge is 2.37. The number of carbonyl (C=O) groups excluding carboxylic acids is 1. The van der Waals surface area contributed by atoms with Crippen LogP contribution in [0.15, 0.2) is 36.4 Å². The molecule has 0 N–H and O–H groups in total. The molecule has 0 bridgehead atoms. The highest BCUT2D eigenvalue weighted by Crippen LogP contribution is 2.35. The Morgan fingerprint density at radius 3 is 2.03 bits per heavy atom. The molecule has 2 aromatic carbocycles. The van der Waals surface area contributed by atoms with Crippen LogP contribution in [0.3, 0.4) is 0 Å². The van der Waals surface area contributed by atoms with Crippen LogP contribution in [0.25, 0.3) is 0 Å². The standard InChI is InChI=1S/C24H30O6/c1-15(2)30-21-9-7-17(13-23(21)28-5)11-19-18(14-29-24(19)25)10-16-6-8-20(26-3)22(12-16)27-4/h6-9,12-13,15,18-19H,10-11,14H2,1-5H3/t18-,19+/m0/s1. The molecule has 0 radical (unpaired) electrons. The number of benzene rings is 2. The number of carbonyl (C=O) groups is 1. The lowest BCUT2D eigenvalue weighted by molar-refractivity contribution is -0.141. The molecule has 0 unspecified atom stereocenters. The third kappa shape index (κ3) is 4.99. The van der Waals surface area contributed by atoms with Crippen molar-refractivity contribution in [3.63, 3.8) is 0 Å². The van der Waals surface area contributed by atoms with Gasteiger partial charge in [0.1, 0.15) is 0 Å². The van der Waals surface area contributed by atoms with Crippen LogP contribution in [0, 0.1) is 11.8 Å². The number of hydrogen-bond donors (Lipinski definition) is 0. The second kappa shape index (κ2) is 9.74. The highest BCUT2D eigenvalue weighted by molar-refractivity contribution is 5.75. The summed E-state index contributed by atoms with van der Waals surface area (Å²) < 4.78 is 27.4. The maximum Gasteiger partial charge on any atom is 0.309 e. The van der Waals surface area contributed by atoms with E-state index in [1.807, 2.05) is 50.2 Å². The number of hydrogen-bond acceptors (Lipinski definition) is 6. The Morgan fingerprint density at radius 2 is 1.43 bits per heavy atom. The summed E-state index contributed by atoms with van der Waals surface area (Å²) >= 11 is 0. The van der Waals surface area contributed by atoms with Crippen molar-refractivity contribution in [2.45, 2.75) is 32.8 Å². The lowest BCUT2D eigenvalue weighted by atomic mass is 9.85. The van der Waals surface area contributed by atoms with Gasteiger partial charge in [-0.3, -0.25) is 4.79 Å². The first kappa shape index (κ1) is 21.8. The predicted octanol–water partition coefficient (Wildman–Crippen LogP) is 4.07. The maximum atomic E-state index is 12.4. The van der Waals surface area contributed by atoms with E-state index < -0.39 is 0 Å². The molecule has 1 aliphatic heterocycles. The second-order valence-corrected chi connectivity index (χ2v) is 7.75. The van der Waals surface area contributed by atoms with Gasteiger partial charge < -0.3 is 23.7 Å². The van der Waals surface area contributed by atoms with Crippen LogP contribution in [0.1, 0.15) is 25.0 Å². The molecule has 1 aliphatic rings. The number of ether oxygens (including phenoxy) is 5. The van der Waals surface area contributed by atoms with E-state index in [9.17, 15) is 4.79 Å². The van der Waals surface area contributed by atoms with Gasteiger partial charge in [0.15, 0.2) is 23.0 Å². The molecule has 1 saturated heterocycles. The predicted molar refractivity (Wildman–Crippen MR) is 114 cm³/mol. The van der Waals surface area contributed by atoms with Crippen molar-refractivity contribution in [2.24, 2.45) is 11.8 Å². The summed E-state index contributed by atoms with van der Waals surface area (Å²) in [6.07, 6.45) is 1.37. The molecule has 0 aliphatic carbocycles. The van der Waals surface area contributed by atoms with Gasteiger partial charge in [-0.1, -0.05) is 12.1 Å². The summed E-state index contributed by atoms with van der Waals surface area (Å²) in [5.74, 6) is 2.47. The minimum absolute atomic E-state index is 0.0560. The van der Waals surface area contributed by atoms with E-state index in [-0.39, 0.29) is 23.9 Å². The highest BCUT2D eigenvalue weighted by atomic mass is 16.5. The van der Waals surface area contributed by atoms with Crippen molar-refractivity contribution in [1.29, 1.82) is 0 Å². The van der Waals surface area contributed by atoms with E-state index in [1.54, 1.807) is 21.3 Å². The third-order valence-electron chi connectivity index (χ3n) is 5.30. The van der Waals surface area contributed by atoms with Gasteiger partial charge in [0.05, 0.1) is 40.0 Å². The Morgan fingerprint density at radius 1 is 0.867 bits per heavy atom. The first-order chi connectivity index (χ1) is 14.4. The zero-order valence-electron chi connectivity index (χ0n) is 18.3. The molecule has 0 amide bonds. The number of esters is 1. The Bertz CT molecular complexity index is 876. The summed E-state index contributed by atoms with van der Waals surface area (Å²) in [6, 6.07) is 11.7. The normalized spacial score (nSPS) is 18.3. The van der Waals surface area contributed by atoms with E-state index in [0.29, 0.717) is 36.0 Å². The third-order valence-corrected chi connectivity index (χ3v) is 5.30. The van der Waals surface area contributed by atoms with Gasteiger partial charge in [-0.25, -0.2) is 0 Å². The Labute approximate surface area is 178 Å². The van der Waals surface area contributed by atoms with Crippen LogP contribution in [-0.4, -0.2) is 40.0 Å². The summed E-state index contributed by atoms with van der Waals surface area (Å²) in [5, 5.41) is 0. The monoisotopic (exact) mass is 414 g/mol. The van der Waals surface area contributed by atoms with Gasteiger partial charge in [-0.05, 0) is 62.1 Å². The fraction of sp³-hybridized carbons (Fsp3) is 0.458. The largest absolute Gasteiger partial charge is 0.493 e. The first-order valence-electron chi connectivity index (χ1n) is 10.2. The molecular weight excluding hydrogens is 384 g/mol. The van der Waals surface area contributed by atoms with Crippen molar-refractivity contribution >= 4 is 5.97 Å². The molecule has 1 fully saturated rings. The van der Waals surface area contributed by atoms with Crippen LogP contribution in [0.2, 0.25) is 0 Å². The number of rotatable bonds is 9. The summed E-state index contributed by atoms with van der Waals surface area (Å²) in [5.41, 5.74) is 2.10. The minimum atomic E-state index is -0.209. The summed E-state index contributed by atoms with van der Waals surface area (Å²) in [6.45, 7) is 4.37. The van der Waals surface area contributed by atoms with Gasteiger partial charge >= 0.3 is 5.97 Å². The molecule has 0 spiro atoms. The van der Waals surface area contributed by atoms with Crippen LogP contribution in [0.5, 0.6) is 23.0 Å². The van der Waals surface area contributed by atoms with Crippen LogP contribution in [0.4, 0.5) is 0 Å². The average Bonchev–Trinajstić information content (AvgIpc) is 3.07. The van der Waals surface area contributed by atoms with Crippen molar-refractivity contribution < 1.29 is 28.5 Å². The van der Waals surface area contributed by atoms with Crippen molar-refractivity contribution in [3.05, 3.63) is 47.5 Å². The van der Waals surface area contributed by atoms with Gasteiger partial charge in [0, 0.05) is 5.92 Å². The van der Waals surface area contributed by atoms with Crippen LogP contribution >= 0.6 is 0 Å². The fourth-order valence-electron chi connectivity index (χ4n) is 3.81. The SMILES string of the molecule is COc1ccc(C[C@H]2COC(=O)[C@@H]2Cc2ccc(OC(C)C)c(OC)c2)cc1OC. The van der Waals surface area contributed by atoms with Crippen molar-refractivity contribution in [3.8, 4) is 23.0 Å². The fourth-order valence-corrected chi connectivity index (χ4v) is 3.81. The molecule has 6 nitrogen and oxygen atoms in total. The second-order valence-electron chi connectivity index (χ2n) is 7.75. The molecule has 2 atom stereocenters. The zero-order chi connectivity index (χ0) is 21.7. The van der Waals surface area contributed by atoms with Gasteiger partial charge in [-0.2, -0.15) is 0 Å². The topological polar surface area (TPSA) is 63.2 Å². The van der Waals surface area contributed by atoms with E-state index in [1.165, 1.54) is 0 Å². The first-order valence-corrected chi connectivity index (χ1v) is 10.2. The summed E-state index contributed by atoms with van der Waals surface area (Å²) in [7, 11) is 4.85. The summed E-state index contributed by atoms with van der Waals surface area (Å²) in [4.78, 5) is 12.4. The molecular formula is C24H30O6. The molecule has 2 aromatic rings. The minimum Gasteiger partial charge on any atom is -0.493 e. The zero-order valence-corrected chi connectivity index (χ0v) is 18.3.